The normalized spacial score (nSPS) is 10.7. The highest BCUT2D eigenvalue weighted by Crippen LogP contribution is 2.27. The van der Waals surface area contributed by atoms with Crippen molar-refractivity contribution >= 4 is 46.6 Å². The molecule has 0 spiro atoms. The lowest BCUT2D eigenvalue weighted by Crippen LogP contribution is -1.89. The SMILES string of the molecule is Clc1ccc(-c2cnc(SCc3ccc(Cl)cc3Cl)nc2)cc1. The highest BCUT2D eigenvalue weighted by Gasteiger charge is 2.05. The molecular weight excluding hydrogens is 371 g/mol. The maximum Gasteiger partial charge on any atom is 0.187 e. The number of halogens is 3. The standard InChI is InChI=1S/C17H11Cl3N2S/c18-14-4-1-11(2-5-14)13-8-21-17(22-9-13)23-10-12-3-6-15(19)7-16(12)20/h1-9H,10H2. The Kier molecular flexibility index (Phi) is 5.44. The number of hydrogen-bond acceptors (Lipinski definition) is 3. The fourth-order valence-electron chi connectivity index (χ4n) is 1.96. The summed E-state index contributed by atoms with van der Waals surface area (Å²) in [7, 11) is 0. The van der Waals surface area contributed by atoms with Crippen molar-refractivity contribution in [1.29, 1.82) is 0 Å². The Morgan fingerprint density at radius 2 is 1.43 bits per heavy atom. The van der Waals surface area contributed by atoms with Gasteiger partial charge in [0.2, 0.25) is 0 Å². The first-order valence-corrected chi connectivity index (χ1v) is 8.88. The highest BCUT2D eigenvalue weighted by molar-refractivity contribution is 7.98. The van der Waals surface area contributed by atoms with Crippen LogP contribution in [0.1, 0.15) is 5.56 Å². The lowest BCUT2D eigenvalue weighted by molar-refractivity contribution is 0.969. The van der Waals surface area contributed by atoms with Gasteiger partial charge in [-0.15, -0.1) is 0 Å². The fourth-order valence-corrected chi connectivity index (χ4v) is 3.43. The third-order valence-electron chi connectivity index (χ3n) is 3.18. The van der Waals surface area contributed by atoms with Crippen LogP contribution < -0.4 is 0 Å². The van der Waals surface area contributed by atoms with Crippen LogP contribution in [0.25, 0.3) is 11.1 Å². The molecule has 0 atom stereocenters. The van der Waals surface area contributed by atoms with Crippen LogP contribution in [0.4, 0.5) is 0 Å². The monoisotopic (exact) mass is 380 g/mol. The molecule has 0 saturated carbocycles. The lowest BCUT2D eigenvalue weighted by Gasteiger charge is -2.05. The largest absolute Gasteiger partial charge is 0.230 e. The molecule has 2 nitrogen and oxygen atoms in total. The maximum absolute atomic E-state index is 6.16. The predicted molar refractivity (Wildman–Crippen MR) is 98.5 cm³/mol. The summed E-state index contributed by atoms with van der Waals surface area (Å²) in [4.78, 5) is 8.78. The van der Waals surface area contributed by atoms with Crippen LogP contribution in [0.2, 0.25) is 15.1 Å². The van der Waals surface area contributed by atoms with Crippen LogP contribution in [0.3, 0.4) is 0 Å². The average molecular weight is 382 g/mol. The van der Waals surface area contributed by atoms with E-state index in [4.69, 9.17) is 34.8 Å². The summed E-state index contributed by atoms with van der Waals surface area (Å²) < 4.78 is 0. The molecule has 0 saturated heterocycles. The summed E-state index contributed by atoms with van der Waals surface area (Å²) in [6, 6.07) is 13.1. The molecule has 0 N–H and O–H groups in total. The van der Waals surface area contributed by atoms with Crippen LogP contribution in [0, 0.1) is 0 Å². The minimum Gasteiger partial charge on any atom is -0.230 e. The van der Waals surface area contributed by atoms with Crippen molar-refractivity contribution in [2.45, 2.75) is 10.9 Å². The van der Waals surface area contributed by atoms with Crippen molar-refractivity contribution in [2.24, 2.45) is 0 Å². The zero-order valence-corrected chi connectivity index (χ0v) is 14.9. The minimum absolute atomic E-state index is 0.632. The van der Waals surface area contributed by atoms with Gasteiger partial charge < -0.3 is 0 Å². The molecule has 0 aliphatic carbocycles. The second-order valence-corrected chi connectivity index (χ2v) is 7.01. The first-order valence-electron chi connectivity index (χ1n) is 6.76. The van der Waals surface area contributed by atoms with Crippen LogP contribution in [-0.2, 0) is 5.75 Å². The second kappa shape index (κ2) is 7.54. The topological polar surface area (TPSA) is 25.8 Å². The first-order chi connectivity index (χ1) is 11.1. The third-order valence-corrected chi connectivity index (χ3v) is 4.94. The van der Waals surface area contributed by atoms with Gasteiger partial charge in [-0.05, 0) is 35.4 Å². The second-order valence-electron chi connectivity index (χ2n) is 4.79. The van der Waals surface area contributed by atoms with E-state index in [9.17, 15) is 0 Å². The lowest BCUT2D eigenvalue weighted by atomic mass is 10.1. The number of aromatic nitrogens is 2. The molecule has 1 aromatic heterocycles. The van der Waals surface area contributed by atoms with Gasteiger partial charge in [0.25, 0.3) is 0 Å². The summed E-state index contributed by atoms with van der Waals surface area (Å²) in [5.41, 5.74) is 2.99. The third kappa shape index (κ3) is 4.39. The van der Waals surface area contributed by atoms with Crippen LogP contribution in [-0.4, -0.2) is 9.97 Å². The van der Waals surface area contributed by atoms with E-state index in [1.54, 1.807) is 6.07 Å². The summed E-state index contributed by atoms with van der Waals surface area (Å²) in [5, 5.41) is 2.70. The summed E-state index contributed by atoms with van der Waals surface area (Å²) >= 11 is 19.5. The Balaban J connectivity index is 1.69. The molecule has 0 fully saturated rings. The molecule has 2 aromatic carbocycles. The number of thioether (sulfide) groups is 1. The quantitative estimate of drug-likeness (QED) is 0.386. The number of nitrogens with zero attached hydrogens (tertiary/aromatic N) is 2. The van der Waals surface area contributed by atoms with Gasteiger partial charge in [0.05, 0.1) is 0 Å². The molecule has 6 heteroatoms. The average Bonchev–Trinajstić information content (AvgIpc) is 2.55. The summed E-state index contributed by atoms with van der Waals surface area (Å²) in [6.07, 6.45) is 3.62. The van der Waals surface area contributed by atoms with E-state index < -0.39 is 0 Å². The number of rotatable bonds is 4. The van der Waals surface area contributed by atoms with E-state index in [-0.39, 0.29) is 0 Å². The summed E-state index contributed by atoms with van der Waals surface area (Å²) in [5.74, 6) is 0.691. The van der Waals surface area contributed by atoms with Crippen LogP contribution >= 0.6 is 46.6 Å². The Morgan fingerprint density at radius 1 is 0.783 bits per heavy atom. The van der Waals surface area contributed by atoms with Crippen molar-refractivity contribution in [3.05, 3.63) is 75.5 Å². The molecule has 0 bridgehead atoms. The molecule has 0 amide bonds. The van der Waals surface area contributed by atoms with E-state index in [2.05, 4.69) is 9.97 Å². The number of benzene rings is 2. The molecule has 23 heavy (non-hydrogen) atoms. The molecule has 116 valence electrons. The molecule has 1 heterocycles. The van der Waals surface area contributed by atoms with E-state index in [1.807, 2.05) is 48.8 Å². The molecule has 0 aliphatic heterocycles. The van der Waals surface area contributed by atoms with Gasteiger partial charge >= 0.3 is 0 Å². The molecule has 3 rings (SSSR count). The maximum atomic E-state index is 6.16. The van der Waals surface area contributed by atoms with E-state index >= 15 is 0 Å². The molecule has 3 aromatic rings. The van der Waals surface area contributed by atoms with Gasteiger partial charge in [-0.2, -0.15) is 0 Å². The van der Waals surface area contributed by atoms with Gasteiger partial charge in [0, 0.05) is 38.8 Å². The van der Waals surface area contributed by atoms with E-state index in [0.717, 1.165) is 16.7 Å². The van der Waals surface area contributed by atoms with Gasteiger partial charge in [-0.1, -0.05) is 64.8 Å². The molecule has 0 unspecified atom stereocenters. The summed E-state index contributed by atoms with van der Waals surface area (Å²) in [6.45, 7) is 0. The minimum atomic E-state index is 0.632. The van der Waals surface area contributed by atoms with Crippen molar-refractivity contribution in [1.82, 2.24) is 9.97 Å². The zero-order chi connectivity index (χ0) is 16.2. The Labute approximate surface area is 153 Å². The van der Waals surface area contributed by atoms with Gasteiger partial charge in [0.15, 0.2) is 5.16 Å². The van der Waals surface area contributed by atoms with E-state index in [1.165, 1.54) is 11.8 Å². The van der Waals surface area contributed by atoms with Crippen molar-refractivity contribution < 1.29 is 0 Å². The number of hydrogen-bond donors (Lipinski definition) is 0. The van der Waals surface area contributed by atoms with Gasteiger partial charge in [-0.3, -0.25) is 0 Å². The van der Waals surface area contributed by atoms with Gasteiger partial charge in [-0.25, -0.2) is 9.97 Å². The van der Waals surface area contributed by atoms with Crippen LogP contribution in [0.15, 0.2) is 60.0 Å². The molecule has 0 radical (unpaired) electrons. The Hall–Kier alpha value is -1.26. The van der Waals surface area contributed by atoms with Crippen molar-refractivity contribution in [3.63, 3.8) is 0 Å². The molecular formula is C17H11Cl3N2S. The van der Waals surface area contributed by atoms with Crippen molar-refractivity contribution in [3.8, 4) is 11.1 Å². The highest BCUT2D eigenvalue weighted by atomic mass is 35.5. The Bertz CT molecular complexity index is 805. The predicted octanol–water partition coefficient (Wildman–Crippen LogP) is 6.40. The smallest absolute Gasteiger partial charge is 0.187 e. The van der Waals surface area contributed by atoms with E-state index in [0.29, 0.717) is 26.0 Å². The van der Waals surface area contributed by atoms with Gasteiger partial charge in [0.1, 0.15) is 0 Å². The fraction of sp³-hybridized carbons (Fsp3) is 0.0588. The Morgan fingerprint density at radius 3 is 2.09 bits per heavy atom. The van der Waals surface area contributed by atoms with Crippen molar-refractivity contribution in [2.75, 3.05) is 0 Å². The first kappa shape index (κ1) is 16.6. The molecule has 0 aliphatic rings. The zero-order valence-electron chi connectivity index (χ0n) is 11.8. The van der Waals surface area contributed by atoms with Crippen LogP contribution in [0.5, 0.6) is 0 Å².